The van der Waals surface area contributed by atoms with Crippen LogP contribution in [0.4, 0.5) is 0 Å². The van der Waals surface area contributed by atoms with Crippen LogP contribution in [-0.4, -0.2) is 51.5 Å². The molecule has 2 fully saturated rings. The highest BCUT2D eigenvalue weighted by Crippen LogP contribution is 2.23. The lowest BCUT2D eigenvalue weighted by Gasteiger charge is -2.23. The molecule has 16 heavy (non-hydrogen) atoms. The van der Waals surface area contributed by atoms with Gasteiger partial charge in [-0.2, -0.15) is 0 Å². The van der Waals surface area contributed by atoms with Gasteiger partial charge in [-0.1, -0.05) is 0 Å². The SMILES string of the molecule is O=C1CC[C@@H](C(=O)N2C[35S]C[C@H]2C(=O)O)N1. The van der Waals surface area contributed by atoms with Crippen molar-refractivity contribution in [1.82, 2.24) is 10.2 Å². The van der Waals surface area contributed by atoms with Crippen LogP contribution in [0, 0.1) is 0 Å². The standard InChI is InChI=1S/C9H12N2O4S/c12-7-2-1-5(10-7)8(13)11-4-16-3-6(11)9(14)15/h5-6H,1-4H2,(H,10,12)(H,14,15)/t5-,6-/m0/s1/i16+3. The maximum atomic E-state index is 11.9. The lowest BCUT2D eigenvalue weighted by molar-refractivity contribution is -0.148. The van der Waals surface area contributed by atoms with Gasteiger partial charge in [0.05, 0.1) is 5.88 Å². The van der Waals surface area contributed by atoms with Crippen LogP contribution >= 0.6 is 11.8 Å². The molecule has 0 aromatic carbocycles. The van der Waals surface area contributed by atoms with E-state index in [2.05, 4.69) is 5.32 Å². The summed E-state index contributed by atoms with van der Waals surface area (Å²) in [7, 11) is 0. The van der Waals surface area contributed by atoms with Crippen LogP contribution < -0.4 is 5.32 Å². The molecule has 2 rings (SSSR count). The molecule has 6 nitrogen and oxygen atoms in total. The van der Waals surface area contributed by atoms with Crippen molar-refractivity contribution in [2.24, 2.45) is 0 Å². The van der Waals surface area contributed by atoms with Gasteiger partial charge in [0, 0.05) is 12.2 Å². The van der Waals surface area contributed by atoms with E-state index in [0.29, 0.717) is 24.5 Å². The maximum Gasteiger partial charge on any atom is 0.327 e. The highest BCUT2D eigenvalue weighted by molar-refractivity contribution is 7.99. The molecule has 0 unspecified atom stereocenters. The number of carbonyl (C=O) groups excluding carboxylic acids is 2. The molecule has 0 spiro atoms. The van der Waals surface area contributed by atoms with Crippen LogP contribution in [0.3, 0.4) is 0 Å². The maximum absolute atomic E-state index is 11.9. The molecule has 2 heterocycles. The fraction of sp³-hybridized carbons (Fsp3) is 0.667. The number of hydrogen-bond donors (Lipinski definition) is 2. The predicted molar refractivity (Wildman–Crippen MR) is 56.8 cm³/mol. The molecule has 2 aliphatic heterocycles. The number of aliphatic carboxylic acids is 1. The molecule has 88 valence electrons. The molecule has 0 aromatic heterocycles. The Bertz CT molecular complexity index is 346. The summed E-state index contributed by atoms with van der Waals surface area (Å²) in [4.78, 5) is 35.2. The van der Waals surface area contributed by atoms with Crippen LogP contribution in [0.15, 0.2) is 0 Å². The molecule has 0 radical (unpaired) electrons. The Balaban J connectivity index is 2.03. The zero-order valence-corrected chi connectivity index (χ0v) is 9.33. The number of nitrogens with one attached hydrogen (secondary N) is 1. The van der Waals surface area contributed by atoms with Crippen LogP contribution in [0.2, 0.25) is 0 Å². The summed E-state index contributed by atoms with van der Waals surface area (Å²) < 4.78 is 0. The van der Waals surface area contributed by atoms with Crippen molar-refractivity contribution in [3.63, 3.8) is 0 Å². The van der Waals surface area contributed by atoms with Gasteiger partial charge in [0.15, 0.2) is 0 Å². The largest absolute Gasteiger partial charge is 0.480 e. The number of thioether (sulfide) groups is 1. The minimum atomic E-state index is -0.984. The molecular formula is C9H12N2O4S. The highest BCUT2D eigenvalue weighted by atomic mass is 35.1. The Kier molecular flexibility index (Phi) is 3.04. The number of nitrogens with zero attached hydrogens (tertiary/aromatic N) is 1. The third kappa shape index (κ3) is 1.99. The normalized spacial score (nSPS) is 29.2. The van der Waals surface area contributed by atoms with E-state index in [1.54, 1.807) is 0 Å². The van der Waals surface area contributed by atoms with Crippen molar-refractivity contribution in [1.29, 1.82) is 0 Å². The molecule has 2 aliphatic rings. The molecular weight excluding hydrogens is 235 g/mol. The average molecular weight is 247 g/mol. The Morgan fingerprint density at radius 1 is 1.50 bits per heavy atom. The Hall–Kier alpha value is -1.24. The lowest BCUT2D eigenvalue weighted by atomic mass is 10.2. The van der Waals surface area contributed by atoms with E-state index in [1.807, 2.05) is 0 Å². The lowest BCUT2D eigenvalue weighted by Crippen LogP contribution is -2.49. The van der Waals surface area contributed by atoms with Crippen molar-refractivity contribution < 1.29 is 19.5 Å². The number of amides is 2. The molecule has 2 atom stereocenters. The second-order valence-corrected chi connectivity index (χ2v) is 4.82. The second-order valence-electron chi connectivity index (χ2n) is 3.82. The minimum absolute atomic E-state index is 0.142. The van der Waals surface area contributed by atoms with Gasteiger partial charge in [-0.3, -0.25) is 9.59 Å². The highest BCUT2D eigenvalue weighted by Gasteiger charge is 2.39. The minimum Gasteiger partial charge on any atom is -0.480 e. The summed E-state index contributed by atoms with van der Waals surface area (Å²) in [5.74, 6) is -0.591. The summed E-state index contributed by atoms with van der Waals surface area (Å²) in [6.45, 7) is 0. The Labute approximate surface area is 96.4 Å². The van der Waals surface area contributed by atoms with Crippen molar-refractivity contribution in [2.75, 3.05) is 11.6 Å². The summed E-state index contributed by atoms with van der Waals surface area (Å²) in [6.07, 6.45) is 0.806. The van der Waals surface area contributed by atoms with Crippen molar-refractivity contribution in [3.05, 3.63) is 0 Å². The first-order valence-electron chi connectivity index (χ1n) is 5.00. The summed E-state index contributed by atoms with van der Waals surface area (Å²) in [6, 6.07) is -1.29. The fourth-order valence-electron chi connectivity index (χ4n) is 1.86. The molecule has 7 heteroatoms. The molecule has 2 amide bonds. The van der Waals surface area contributed by atoms with Crippen LogP contribution in [-0.2, 0) is 14.4 Å². The molecule has 0 aromatic rings. The van der Waals surface area contributed by atoms with Gasteiger partial charge >= 0.3 is 5.97 Å². The third-order valence-electron chi connectivity index (χ3n) is 2.74. The van der Waals surface area contributed by atoms with Crippen molar-refractivity contribution >= 4 is 29.5 Å². The fourth-order valence-corrected chi connectivity index (χ4v) is 3.02. The number of carbonyl (C=O) groups is 3. The number of hydrogen-bond acceptors (Lipinski definition) is 4. The van der Waals surface area contributed by atoms with E-state index >= 15 is 0 Å². The monoisotopic (exact) mass is 247 g/mol. The second kappa shape index (κ2) is 4.32. The molecule has 2 saturated heterocycles. The zero-order chi connectivity index (χ0) is 11.7. The molecule has 0 bridgehead atoms. The Morgan fingerprint density at radius 3 is 2.81 bits per heavy atom. The van der Waals surface area contributed by atoms with Gasteiger partial charge in [0.2, 0.25) is 11.8 Å². The van der Waals surface area contributed by atoms with Crippen LogP contribution in [0.1, 0.15) is 12.8 Å². The number of carboxylic acid groups (broad SMARTS) is 1. The van der Waals surface area contributed by atoms with Gasteiger partial charge in [-0.05, 0) is 6.42 Å². The summed E-state index contributed by atoms with van der Waals surface area (Å²) >= 11 is 1.42. The van der Waals surface area contributed by atoms with E-state index in [0.717, 1.165) is 0 Å². The Morgan fingerprint density at radius 2 is 2.25 bits per heavy atom. The first-order valence-corrected chi connectivity index (χ1v) is 6.15. The zero-order valence-electron chi connectivity index (χ0n) is 8.51. The third-order valence-corrected chi connectivity index (χ3v) is 3.76. The summed E-state index contributed by atoms with van der Waals surface area (Å²) in [5, 5.41) is 11.5. The van der Waals surface area contributed by atoms with Gasteiger partial charge in [0.1, 0.15) is 12.1 Å². The van der Waals surface area contributed by atoms with Crippen molar-refractivity contribution in [2.45, 2.75) is 24.9 Å². The van der Waals surface area contributed by atoms with E-state index in [4.69, 9.17) is 5.11 Å². The average Bonchev–Trinajstić information content (AvgIpc) is 2.84. The van der Waals surface area contributed by atoms with Crippen LogP contribution in [0.5, 0.6) is 0 Å². The quantitative estimate of drug-likeness (QED) is 0.670. The van der Waals surface area contributed by atoms with E-state index in [-0.39, 0.29) is 11.8 Å². The topological polar surface area (TPSA) is 86.7 Å². The smallest absolute Gasteiger partial charge is 0.327 e. The van der Waals surface area contributed by atoms with Gasteiger partial charge in [-0.25, -0.2) is 4.79 Å². The van der Waals surface area contributed by atoms with Gasteiger partial charge in [-0.15, -0.1) is 11.8 Å². The van der Waals surface area contributed by atoms with Gasteiger partial charge < -0.3 is 15.3 Å². The van der Waals surface area contributed by atoms with E-state index in [1.165, 1.54) is 16.7 Å². The molecule has 0 saturated carbocycles. The number of carboxylic acids is 1. The van der Waals surface area contributed by atoms with Gasteiger partial charge in [0.25, 0.3) is 0 Å². The van der Waals surface area contributed by atoms with Crippen molar-refractivity contribution in [3.8, 4) is 0 Å². The van der Waals surface area contributed by atoms with Crippen LogP contribution in [0.25, 0.3) is 0 Å². The van der Waals surface area contributed by atoms with E-state index < -0.39 is 18.1 Å². The number of rotatable bonds is 2. The first-order chi connectivity index (χ1) is 7.59. The molecule has 2 N–H and O–H groups in total. The first kappa shape index (κ1) is 11.3. The van der Waals surface area contributed by atoms with E-state index in [9.17, 15) is 14.4 Å². The molecule has 0 aliphatic carbocycles. The summed E-state index contributed by atoms with van der Waals surface area (Å²) in [5.41, 5.74) is 0. The predicted octanol–water partition coefficient (Wildman–Crippen LogP) is -0.749.